The first-order valence-corrected chi connectivity index (χ1v) is 7.46. The second-order valence-corrected chi connectivity index (χ2v) is 5.48. The van der Waals surface area contributed by atoms with Crippen LogP contribution in [0.5, 0.6) is 6.01 Å². The highest BCUT2D eigenvalue weighted by atomic mass is 16.5. The van der Waals surface area contributed by atoms with Gasteiger partial charge in [0.15, 0.2) is 0 Å². The Morgan fingerprint density at radius 3 is 2.86 bits per heavy atom. The molecule has 0 aromatic carbocycles. The number of hydrogen-bond donors (Lipinski definition) is 0. The standard InChI is InChI=1S/C16H23N3O2/c1-4-5-8-15(20)19-9-6-7-14(11-19)21-16-17-12(2)10-13(3)18-16/h4,10,14H,1,5-9,11H2,2-3H3. The van der Waals surface area contributed by atoms with Crippen molar-refractivity contribution in [2.45, 2.75) is 45.6 Å². The molecule has 1 amide bonds. The van der Waals surface area contributed by atoms with Gasteiger partial charge in [-0.3, -0.25) is 4.79 Å². The zero-order valence-corrected chi connectivity index (χ0v) is 12.8. The Bertz CT molecular complexity index is 496. The number of aryl methyl sites for hydroxylation is 2. The summed E-state index contributed by atoms with van der Waals surface area (Å²) >= 11 is 0. The Hall–Kier alpha value is -1.91. The van der Waals surface area contributed by atoms with Gasteiger partial charge in [0.25, 0.3) is 0 Å². The van der Waals surface area contributed by atoms with Crippen molar-refractivity contribution in [1.82, 2.24) is 14.9 Å². The zero-order chi connectivity index (χ0) is 15.2. The van der Waals surface area contributed by atoms with Gasteiger partial charge in [-0.05, 0) is 39.2 Å². The molecule has 2 rings (SSSR count). The van der Waals surface area contributed by atoms with E-state index in [0.29, 0.717) is 19.0 Å². The smallest absolute Gasteiger partial charge is 0.317 e. The van der Waals surface area contributed by atoms with E-state index in [-0.39, 0.29) is 12.0 Å². The van der Waals surface area contributed by atoms with Crippen LogP contribution >= 0.6 is 0 Å². The van der Waals surface area contributed by atoms with Crippen LogP contribution in [0, 0.1) is 13.8 Å². The number of rotatable bonds is 5. The molecule has 5 heteroatoms. The summed E-state index contributed by atoms with van der Waals surface area (Å²) in [5, 5.41) is 0. The van der Waals surface area contributed by atoms with Crippen LogP contribution in [0.4, 0.5) is 0 Å². The number of likely N-dealkylation sites (tertiary alicyclic amines) is 1. The number of amides is 1. The minimum absolute atomic E-state index is 0.0207. The maximum atomic E-state index is 12.1. The molecule has 0 spiro atoms. The van der Waals surface area contributed by atoms with Crippen LogP contribution in [0.15, 0.2) is 18.7 Å². The van der Waals surface area contributed by atoms with Crippen molar-refractivity contribution < 1.29 is 9.53 Å². The van der Waals surface area contributed by atoms with Crippen molar-refractivity contribution in [2.75, 3.05) is 13.1 Å². The van der Waals surface area contributed by atoms with Gasteiger partial charge in [0, 0.05) is 24.4 Å². The van der Waals surface area contributed by atoms with Crippen molar-refractivity contribution in [1.29, 1.82) is 0 Å². The summed E-state index contributed by atoms with van der Waals surface area (Å²) in [6.07, 6.45) is 4.89. The molecule has 0 radical (unpaired) electrons. The average Bonchev–Trinajstić information content (AvgIpc) is 2.44. The second kappa shape index (κ2) is 7.20. The lowest BCUT2D eigenvalue weighted by molar-refractivity contribution is -0.133. The molecule has 1 atom stereocenters. The number of carbonyl (C=O) groups is 1. The van der Waals surface area contributed by atoms with Crippen LogP contribution in [0.1, 0.15) is 37.1 Å². The summed E-state index contributed by atoms with van der Waals surface area (Å²) < 4.78 is 5.87. The fourth-order valence-electron chi connectivity index (χ4n) is 2.54. The molecule has 21 heavy (non-hydrogen) atoms. The Morgan fingerprint density at radius 1 is 1.48 bits per heavy atom. The summed E-state index contributed by atoms with van der Waals surface area (Å²) in [5.41, 5.74) is 1.79. The molecule has 1 aromatic heterocycles. The predicted molar refractivity (Wildman–Crippen MR) is 81.2 cm³/mol. The highest BCUT2D eigenvalue weighted by Crippen LogP contribution is 2.17. The SMILES string of the molecule is C=CCCC(=O)N1CCCC(Oc2nc(C)cc(C)n2)C1. The topological polar surface area (TPSA) is 55.3 Å². The van der Waals surface area contributed by atoms with Crippen LogP contribution in [-0.4, -0.2) is 40.0 Å². The minimum Gasteiger partial charge on any atom is -0.458 e. The normalized spacial score (nSPS) is 18.4. The molecular weight excluding hydrogens is 266 g/mol. The summed E-state index contributed by atoms with van der Waals surface area (Å²) in [7, 11) is 0. The third-order valence-electron chi connectivity index (χ3n) is 3.53. The molecule has 1 fully saturated rings. The van der Waals surface area contributed by atoms with Crippen LogP contribution in [0.3, 0.4) is 0 Å². The van der Waals surface area contributed by atoms with Crippen molar-refractivity contribution in [3.8, 4) is 6.01 Å². The molecule has 114 valence electrons. The number of hydrogen-bond acceptors (Lipinski definition) is 4. The fourth-order valence-corrected chi connectivity index (χ4v) is 2.54. The first-order chi connectivity index (χ1) is 10.1. The van der Waals surface area contributed by atoms with E-state index in [9.17, 15) is 4.79 Å². The predicted octanol–water partition coefficient (Wildman–Crippen LogP) is 2.43. The van der Waals surface area contributed by atoms with E-state index in [4.69, 9.17) is 4.74 Å². The molecule has 0 bridgehead atoms. The zero-order valence-electron chi connectivity index (χ0n) is 12.8. The van der Waals surface area contributed by atoms with Gasteiger partial charge in [0.1, 0.15) is 6.10 Å². The molecule has 1 aliphatic rings. The lowest BCUT2D eigenvalue weighted by atomic mass is 10.1. The van der Waals surface area contributed by atoms with Gasteiger partial charge in [-0.1, -0.05) is 6.08 Å². The largest absolute Gasteiger partial charge is 0.458 e. The van der Waals surface area contributed by atoms with Gasteiger partial charge in [-0.2, -0.15) is 0 Å². The van der Waals surface area contributed by atoms with E-state index in [2.05, 4.69) is 16.5 Å². The Kier molecular flexibility index (Phi) is 5.31. The van der Waals surface area contributed by atoms with Gasteiger partial charge in [-0.25, -0.2) is 9.97 Å². The lowest BCUT2D eigenvalue weighted by Crippen LogP contribution is -2.44. The van der Waals surface area contributed by atoms with Crippen molar-refractivity contribution >= 4 is 5.91 Å². The number of piperidine rings is 1. The molecular formula is C16H23N3O2. The van der Waals surface area contributed by atoms with Crippen LogP contribution in [0.2, 0.25) is 0 Å². The number of aromatic nitrogens is 2. The Labute approximate surface area is 126 Å². The molecule has 5 nitrogen and oxygen atoms in total. The van der Waals surface area contributed by atoms with E-state index in [1.54, 1.807) is 6.08 Å². The molecule has 0 N–H and O–H groups in total. The van der Waals surface area contributed by atoms with Gasteiger partial charge >= 0.3 is 6.01 Å². The molecule has 1 aliphatic heterocycles. The average molecular weight is 289 g/mol. The van der Waals surface area contributed by atoms with Crippen LogP contribution in [0.25, 0.3) is 0 Å². The summed E-state index contributed by atoms with van der Waals surface area (Å²) in [4.78, 5) is 22.5. The first-order valence-electron chi connectivity index (χ1n) is 7.46. The molecule has 1 unspecified atom stereocenters. The summed E-state index contributed by atoms with van der Waals surface area (Å²) in [6.45, 7) is 8.93. The molecule has 0 aliphatic carbocycles. The van der Waals surface area contributed by atoms with E-state index >= 15 is 0 Å². The number of nitrogens with zero attached hydrogens (tertiary/aromatic N) is 3. The number of allylic oxidation sites excluding steroid dienone is 1. The number of carbonyl (C=O) groups excluding carboxylic acids is 1. The Balaban J connectivity index is 1.94. The monoisotopic (exact) mass is 289 g/mol. The highest BCUT2D eigenvalue weighted by molar-refractivity contribution is 5.76. The summed E-state index contributed by atoms with van der Waals surface area (Å²) in [6, 6.07) is 2.33. The molecule has 1 aromatic rings. The van der Waals surface area contributed by atoms with Crippen LogP contribution < -0.4 is 4.74 Å². The maximum Gasteiger partial charge on any atom is 0.317 e. The van der Waals surface area contributed by atoms with Gasteiger partial charge in [-0.15, -0.1) is 6.58 Å². The van der Waals surface area contributed by atoms with E-state index in [1.807, 2.05) is 24.8 Å². The number of ether oxygens (including phenoxy) is 1. The maximum absolute atomic E-state index is 12.1. The van der Waals surface area contributed by atoms with Crippen LogP contribution in [-0.2, 0) is 4.79 Å². The Morgan fingerprint density at radius 2 is 2.19 bits per heavy atom. The van der Waals surface area contributed by atoms with Crippen molar-refractivity contribution in [3.05, 3.63) is 30.1 Å². The third kappa shape index (κ3) is 4.55. The molecule has 0 saturated carbocycles. The minimum atomic E-state index is -0.0207. The van der Waals surface area contributed by atoms with Gasteiger partial charge in [0.05, 0.1) is 6.54 Å². The molecule has 1 saturated heterocycles. The van der Waals surface area contributed by atoms with Gasteiger partial charge in [0.2, 0.25) is 5.91 Å². The molecule has 2 heterocycles. The lowest BCUT2D eigenvalue weighted by Gasteiger charge is -2.32. The van der Waals surface area contributed by atoms with Gasteiger partial charge < -0.3 is 9.64 Å². The third-order valence-corrected chi connectivity index (χ3v) is 3.53. The second-order valence-electron chi connectivity index (χ2n) is 5.48. The van der Waals surface area contributed by atoms with Crippen molar-refractivity contribution in [3.63, 3.8) is 0 Å². The van der Waals surface area contributed by atoms with E-state index in [1.165, 1.54) is 0 Å². The first kappa shape index (κ1) is 15.5. The highest BCUT2D eigenvalue weighted by Gasteiger charge is 2.25. The van der Waals surface area contributed by atoms with Crippen molar-refractivity contribution in [2.24, 2.45) is 0 Å². The van der Waals surface area contributed by atoms with E-state index in [0.717, 1.165) is 37.2 Å². The summed E-state index contributed by atoms with van der Waals surface area (Å²) in [5.74, 6) is 0.171. The quantitative estimate of drug-likeness (QED) is 0.781. The van der Waals surface area contributed by atoms with E-state index < -0.39 is 0 Å². The fraction of sp³-hybridized carbons (Fsp3) is 0.562.